The number of halogens is 1. The molecule has 1 aromatic rings. The molecular formula is C14H18BrNO3. The summed E-state index contributed by atoms with van der Waals surface area (Å²) >= 11 is 3.49. The molecule has 0 aromatic heterocycles. The quantitative estimate of drug-likeness (QED) is 0.844. The fourth-order valence-electron chi connectivity index (χ4n) is 2.09. The lowest BCUT2D eigenvalue weighted by molar-refractivity contribution is -0.143. The summed E-state index contributed by atoms with van der Waals surface area (Å²) in [7, 11) is 0. The van der Waals surface area contributed by atoms with E-state index >= 15 is 0 Å². The SMILES string of the molecule is CCNCc1cc(Br)cc(C)c1OC1CCOC1=O. The third-order valence-corrected chi connectivity index (χ3v) is 3.49. The summed E-state index contributed by atoms with van der Waals surface area (Å²) in [6.45, 7) is 6.08. The lowest BCUT2D eigenvalue weighted by Gasteiger charge is -2.17. The maximum absolute atomic E-state index is 11.5. The van der Waals surface area contributed by atoms with E-state index in [9.17, 15) is 4.79 Å². The lowest BCUT2D eigenvalue weighted by atomic mass is 10.1. The molecule has 1 N–H and O–H groups in total. The van der Waals surface area contributed by atoms with Crippen molar-refractivity contribution >= 4 is 21.9 Å². The number of benzene rings is 1. The molecule has 1 fully saturated rings. The Morgan fingerprint density at radius 2 is 2.32 bits per heavy atom. The standard InChI is InChI=1S/C14H18BrNO3/c1-3-16-8-10-7-11(15)6-9(2)13(10)19-12-4-5-18-14(12)17/h6-7,12,16H,3-5,8H2,1-2H3. The van der Waals surface area contributed by atoms with Crippen molar-refractivity contribution in [1.29, 1.82) is 0 Å². The Balaban J connectivity index is 2.23. The molecule has 2 rings (SSSR count). The van der Waals surface area contributed by atoms with Crippen LogP contribution in [0.25, 0.3) is 0 Å². The molecule has 1 atom stereocenters. The van der Waals surface area contributed by atoms with E-state index in [0.717, 1.165) is 27.9 Å². The van der Waals surface area contributed by atoms with Gasteiger partial charge in [-0.15, -0.1) is 0 Å². The first kappa shape index (κ1) is 14.3. The molecule has 1 saturated heterocycles. The molecule has 5 heteroatoms. The molecule has 0 aliphatic carbocycles. The van der Waals surface area contributed by atoms with E-state index in [1.165, 1.54) is 0 Å². The van der Waals surface area contributed by atoms with E-state index in [1.54, 1.807) is 0 Å². The fourth-order valence-corrected chi connectivity index (χ4v) is 2.71. The molecule has 1 unspecified atom stereocenters. The van der Waals surface area contributed by atoms with Crippen LogP contribution in [0.15, 0.2) is 16.6 Å². The zero-order valence-corrected chi connectivity index (χ0v) is 12.7. The minimum atomic E-state index is -0.472. The largest absolute Gasteiger partial charge is 0.478 e. The van der Waals surface area contributed by atoms with Crippen LogP contribution < -0.4 is 10.1 Å². The Kier molecular flexibility index (Phi) is 4.82. The van der Waals surface area contributed by atoms with Gasteiger partial charge in [-0.3, -0.25) is 0 Å². The molecule has 1 aromatic carbocycles. The number of carbonyl (C=O) groups is 1. The van der Waals surface area contributed by atoms with Crippen molar-refractivity contribution < 1.29 is 14.3 Å². The molecule has 4 nitrogen and oxygen atoms in total. The van der Waals surface area contributed by atoms with Gasteiger partial charge in [-0.1, -0.05) is 22.9 Å². The van der Waals surface area contributed by atoms with Crippen LogP contribution in [-0.2, 0) is 16.1 Å². The summed E-state index contributed by atoms with van der Waals surface area (Å²) in [5, 5.41) is 3.28. The van der Waals surface area contributed by atoms with Crippen molar-refractivity contribution in [2.45, 2.75) is 32.9 Å². The summed E-state index contributed by atoms with van der Waals surface area (Å²) in [5.41, 5.74) is 2.07. The van der Waals surface area contributed by atoms with Gasteiger partial charge in [-0.25, -0.2) is 4.79 Å². The van der Waals surface area contributed by atoms with Crippen LogP contribution in [0.5, 0.6) is 5.75 Å². The van der Waals surface area contributed by atoms with Gasteiger partial charge in [-0.05, 0) is 31.2 Å². The number of esters is 1. The number of carbonyl (C=O) groups excluding carboxylic acids is 1. The summed E-state index contributed by atoms with van der Waals surface area (Å²) < 4.78 is 11.8. The number of ether oxygens (including phenoxy) is 2. The smallest absolute Gasteiger partial charge is 0.347 e. The lowest BCUT2D eigenvalue weighted by Crippen LogP contribution is -2.23. The second-order valence-corrected chi connectivity index (χ2v) is 5.47. The third kappa shape index (κ3) is 3.48. The topological polar surface area (TPSA) is 47.6 Å². The number of cyclic esters (lactones) is 1. The van der Waals surface area contributed by atoms with Crippen LogP contribution in [0, 0.1) is 6.92 Å². The first-order valence-corrected chi connectivity index (χ1v) is 7.24. The van der Waals surface area contributed by atoms with E-state index in [2.05, 4.69) is 28.2 Å². The average Bonchev–Trinajstić information content (AvgIpc) is 2.76. The van der Waals surface area contributed by atoms with Crippen LogP contribution in [0.2, 0.25) is 0 Å². The van der Waals surface area contributed by atoms with Crippen molar-refractivity contribution in [3.63, 3.8) is 0 Å². The number of hydrogen-bond acceptors (Lipinski definition) is 4. The Bertz CT molecular complexity index is 476. The molecule has 0 saturated carbocycles. The predicted octanol–water partition coefficient (Wildman–Crippen LogP) is 2.56. The maximum atomic E-state index is 11.5. The number of nitrogens with one attached hydrogen (secondary N) is 1. The van der Waals surface area contributed by atoms with Gasteiger partial charge in [0.05, 0.1) is 6.61 Å². The minimum Gasteiger partial charge on any atom is -0.478 e. The Morgan fingerprint density at radius 1 is 1.53 bits per heavy atom. The molecule has 0 radical (unpaired) electrons. The van der Waals surface area contributed by atoms with Gasteiger partial charge in [0.15, 0.2) is 6.10 Å². The molecule has 0 spiro atoms. The van der Waals surface area contributed by atoms with Crippen LogP contribution in [0.3, 0.4) is 0 Å². The third-order valence-electron chi connectivity index (χ3n) is 3.03. The molecule has 1 heterocycles. The number of aryl methyl sites for hydroxylation is 1. The second kappa shape index (κ2) is 6.39. The molecule has 19 heavy (non-hydrogen) atoms. The highest BCUT2D eigenvalue weighted by molar-refractivity contribution is 9.10. The number of rotatable bonds is 5. The van der Waals surface area contributed by atoms with Gasteiger partial charge in [0.25, 0.3) is 0 Å². The van der Waals surface area contributed by atoms with Crippen molar-refractivity contribution in [2.75, 3.05) is 13.2 Å². The van der Waals surface area contributed by atoms with Gasteiger partial charge in [0, 0.05) is 23.0 Å². The highest BCUT2D eigenvalue weighted by atomic mass is 79.9. The van der Waals surface area contributed by atoms with Crippen LogP contribution in [0.1, 0.15) is 24.5 Å². The van der Waals surface area contributed by atoms with Crippen LogP contribution in [-0.4, -0.2) is 25.2 Å². The molecule has 1 aliphatic heterocycles. The molecular weight excluding hydrogens is 310 g/mol. The predicted molar refractivity (Wildman–Crippen MR) is 76.3 cm³/mol. The molecule has 104 valence electrons. The minimum absolute atomic E-state index is 0.267. The molecule has 1 aliphatic rings. The summed E-state index contributed by atoms with van der Waals surface area (Å²) in [6.07, 6.45) is 0.148. The van der Waals surface area contributed by atoms with Crippen molar-refractivity contribution in [3.8, 4) is 5.75 Å². The van der Waals surface area contributed by atoms with Gasteiger partial charge in [0.2, 0.25) is 0 Å². The molecule has 0 bridgehead atoms. The van der Waals surface area contributed by atoms with E-state index < -0.39 is 6.10 Å². The van der Waals surface area contributed by atoms with E-state index in [0.29, 0.717) is 19.6 Å². The zero-order chi connectivity index (χ0) is 13.8. The Labute approximate surface area is 121 Å². The van der Waals surface area contributed by atoms with Gasteiger partial charge in [0.1, 0.15) is 5.75 Å². The second-order valence-electron chi connectivity index (χ2n) is 4.55. The van der Waals surface area contributed by atoms with Gasteiger partial charge >= 0.3 is 5.97 Å². The first-order chi connectivity index (χ1) is 9.11. The van der Waals surface area contributed by atoms with E-state index in [-0.39, 0.29) is 5.97 Å². The van der Waals surface area contributed by atoms with Crippen LogP contribution >= 0.6 is 15.9 Å². The first-order valence-electron chi connectivity index (χ1n) is 6.45. The maximum Gasteiger partial charge on any atom is 0.347 e. The van der Waals surface area contributed by atoms with Crippen molar-refractivity contribution in [1.82, 2.24) is 5.32 Å². The van der Waals surface area contributed by atoms with Crippen molar-refractivity contribution in [3.05, 3.63) is 27.7 Å². The fraction of sp³-hybridized carbons (Fsp3) is 0.500. The average molecular weight is 328 g/mol. The Morgan fingerprint density at radius 3 is 2.95 bits per heavy atom. The van der Waals surface area contributed by atoms with Gasteiger partial charge in [-0.2, -0.15) is 0 Å². The van der Waals surface area contributed by atoms with Gasteiger partial charge < -0.3 is 14.8 Å². The highest BCUT2D eigenvalue weighted by Crippen LogP contribution is 2.30. The highest BCUT2D eigenvalue weighted by Gasteiger charge is 2.29. The summed E-state index contributed by atoms with van der Waals surface area (Å²) in [4.78, 5) is 11.5. The summed E-state index contributed by atoms with van der Waals surface area (Å²) in [6, 6.07) is 4.01. The summed E-state index contributed by atoms with van der Waals surface area (Å²) in [5.74, 6) is 0.518. The number of hydrogen-bond donors (Lipinski definition) is 1. The molecule has 0 amide bonds. The van der Waals surface area contributed by atoms with Crippen LogP contribution in [0.4, 0.5) is 0 Å². The zero-order valence-electron chi connectivity index (χ0n) is 11.2. The van der Waals surface area contributed by atoms with Crippen molar-refractivity contribution in [2.24, 2.45) is 0 Å². The monoisotopic (exact) mass is 327 g/mol. The Hall–Kier alpha value is -1.07. The van der Waals surface area contributed by atoms with E-state index in [1.807, 2.05) is 19.1 Å². The normalized spacial score (nSPS) is 18.5. The van der Waals surface area contributed by atoms with E-state index in [4.69, 9.17) is 9.47 Å².